The molecule has 24 heavy (non-hydrogen) atoms. The number of aromatic nitrogens is 2. The molecule has 1 aliphatic carbocycles. The molecule has 0 bridgehead atoms. The van der Waals surface area contributed by atoms with Crippen molar-refractivity contribution in [3.05, 3.63) is 22.8 Å². The summed E-state index contributed by atoms with van der Waals surface area (Å²) in [5.74, 6) is 0. The Balaban J connectivity index is 1.47. The summed E-state index contributed by atoms with van der Waals surface area (Å²) in [5, 5.41) is 0. The summed E-state index contributed by atoms with van der Waals surface area (Å²) in [6, 6.07) is 0.594. The molecular weight excluding hydrogens is 304 g/mol. The molecule has 1 amide bonds. The highest BCUT2D eigenvalue weighted by atomic mass is 16.6. The molecule has 3 fully saturated rings. The highest BCUT2D eigenvalue weighted by Gasteiger charge is 2.50. The molecule has 1 aromatic rings. The highest BCUT2D eigenvalue weighted by molar-refractivity contribution is 5.71. The van der Waals surface area contributed by atoms with Crippen LogP contribution < -0.4 is 0 Å². The van der Waals surface area contributed by atoms with Crippen LogP contribution in [0.5, 0.6) is 0 Å². The number of fused-ring (bicyclic) bond motifs is 1. The van der Waals surface area contributed by atoms with Crippen LogP contribution >= 0.6 is 0 Å². The Bertz CT molecular complexity index is 657. The molecule has 2 atom stereocenters. The minimum absolute atomic E-state index is 0.0120. The van der Waals surface area contributed by atoms with Gasteiger partial charge >= 0.3 is 6.09 Å². The van der Waals surface area contributed by atoms with Gasteiger partial charge in [0.1, 0.15) is 6.10 Å². The maximum absolute atomic E-state index is 12.2. The summed E-state index contributed by atoms with van der Waals surface area (Å²) in [6.45, 7) is 8.49. The quantitative estimate of drug-likeness (QED) is 0.851. The molecule has 6 nitrogen and oxygen atoms in total. The molecule has 6 heteroatoms. The number of rotatable bonds is 3. The van der Waals surface area contributed by atoms with E-state index in [1.54, 1.807) is 0 Å². The summed E-state index contributed by atoms with van der Waals surface area (Å²) >= 11 is 0. The summed E-state index contributed by atoms with van der Waals surface area (Å²) < 4.78 is 5.66. The van der Waals surface area contributed by atoms with Crippen LogP contribution in [-0.2, 0) is 11.3 Å². The smallest absolute Gasteiger partial charge is 0.410 e. The average Bonchev–Trinajstić information content (AvgIpc) is 3.21. The lowest BCUT2D eigenvalue weighted by Crippen LogP contribution is -2.43. The number of nitrogens with zero attached hydrogens (tertiary/aromatic N) is 4. The number of aryl methyl sites for hydroxylation is 3. The SMILES string of the molecule is Cc1nc(C)c(CN2C[C@H]3OC(=O)N(C4CCCC4)[C@H]3C2)nc1C. The van der Waals surface area contributed by atoms with Crippen molar-refractivity contribution < 1.29 is 9.53 Å². The fourth-order valence-electron chi connectivity index (χ4n) is 4.40. The van der Waals surface area contributed by atoms with Gasteiger partial charge in [0.05, 0.1) is 28.8 Å². The molecular formula is C18H26N4O2. The Labute approximate surface area is 143 Å². The first-order valence-corrected chi connectivity index (χ1v) is 9.05. The van der Waals surface area contributed by atoms with Crippen molar-refractivity contribution in [1.82, 2.24) is 19.8 Å². The Hall–Kier alpha value is -1.69. The van der Waals surface area contributed by atoms with E-state index in [1.165, 1.54) is 12.8 Å². The van der Waals surface area contributed by atoms with Gasteiger partial charge in [-0.1, -0.05) is 12.8 Å². The maximum atomic E-state index is 12.2. The minimum atomic E-state index is -0.0984. The number of likely N-dealkylation sites (tertiary alicyclic amines) is 1. The molecule has 1 aromatic heterocycles. The van der Waals surface area contributed by atoms with Crippen molar-refractivity contribution in [3.63, 3.8) is 0 Å². The third kappa shape index (κ3) is 2.66. The molecule has 0 N–H and O–H groups in total. The molecule has 1 saturated carbocycles. The lowest BCUT2D eigenvalue weighted by molar-refractivity contribution is 0.113. The number of ether oxygens (including phenoxy) is 1. The molecule has 4 rings (SSSR count). The van der Waals surface area contributed by atoms with Gasteiger partial charge in [0, 0.05) is 25.7 Å². The molecule has 3 aliphatic rings. The van der Waals surface area contributed by atoms with Crippen molar-refractivity contribution in [1.29, 1.82) is 0 Å². The fraction of sp³-hybridized carbons (Fsp3) is 0.722. The molecule has 0 spiro atoms. The van der Waals surface area contributed by atoms with E-state index in [2.05, 4.69) is 9.88 Å². The monoisotopic (exact) mass is 330 g/mol. The fourth-order valence-corrected chi connectivity index (χ4v) is 4.40. The average molecular weight is 330 g/mol. The number of hydrogen-bond acceptors (Lipinski definition) is 5. The number of amides is 1. The van der Waals surface area contributed by atoms with Gasteiger partial charge in [-0.15, -0.1) is 0 Å². The second-order valence-corrected chi connectivity index (χ2v) is 7.46. The molecule has 0 aromatic carbocycles. The van der Waals surface area contributed by atoms with E-state index in [-0.39, 0.29) is 18.2 Å². The Morgan fingerprint density at radius 2 is 1.75 bits per heavy atom. The van der Waals surface area contributed by atoms with E-state index < -0.39 is 0 Å². The van der Waals surface area contributed by atoms with Crippen molar-refractivity contribution in [2.45, 2.75) is 71.2 Å². The lowest BCUT2D eigenvalue weighted by atomic mass is 10.1. The van der Waals surface area contributed by atoms with Gasteiger partial charge in [-0.2, -0.15) is 0 Å². The van der Waals surface area contributed by atoms with Gasteiger partial charge in [0.2, 0.25) is 0 Å². The predicted molar refractivity (Wildman–Crippen MR) is 89.7 cm³/mol. The third-order valence-electron chi connectivity index (χ3n) is 5.80. The van der Waals surface area contributed by atoms with Crippen molar-refractivity contribution in [2.24, 2.45) is 0 Å². The molecule has 0 radical (unpaired) electrons. The number of carbonyl (C=O) groups excluding carboxylic acids is 1. The summed E-state index contributed by atoms with van der Waals surface area (Å²) in [7, 11) is 0. The van der Waals surface area contributed by atoms with E-state index in [4.69, 9.17) is 9.72 Å². The second kappa shape index (κ2) is 5.99. The highest BCUT2D eigenvalue weighted by Crippen LogP contribution is 2.34. The Kier molecular flexibility index (Phi) is 3.95. The normalized spacial score (nSPS) is 27.8. The zero-order valence-corrected chi connectivity index (χ0v) is 14.8. The van der Waals surface area contributed by atoms with Crippen LogP contribution in [0.2, 0.25) is 0 Å². The maximum Gasteiger partial charge on any atom is 0.410 e. The van der Waals surface area contributed by atoms with Crippen LogP contribution in [0, 0.1) is 20.8 Å². The molecule has 2 saturated heterocycles. The summed E-state index contributed by atoms with van der Waals surface area (Å²) in [5.41, 5.74) is 4.03. The van der Waals surface area contributed by atoms with Crippen molar-refractivity contribution in [3.8, 4) is 0 Å². The summed E-state index contributed by atoms with van der Waals surface area (Å²) in [6.07, 6.45) is 4.62. The van der Waals surface area contributed by atoms with Crippen LogP contribution in [0.25, 0.3) is 0 Å². The van der Waals surface area contributed by atoms with Gasteiger partial charge < -0.3 is 4.74 Å². The van der Waals surface area contributed by atoms with Crippen LogP contribution in [-0.4, -0.2) is 57.1 Å². The Morgan fingerprint density at radius 3 is 2.50 bits per heavy atom. The minimum Gasteiger partial charge on any atom is -0.442 e. The largest absolute Gasteiger partial charge is 0.442 e. The van der Waals surface area contributed by atoms with E-state index in [0.29, 0.717) is 6.04 Å². The van der Waals surface area contributed by atoms with E-state index in [9.17, 15) is 4.79 Å². The van der Waals surface area contributed by atoms with Crippen LogP contribution in [0.15, 0.2) is 0 Å². The zero-order chi connectivity index (χ0) is 16.8. The van der Waals surface area contributed by atoms with Gasteiger partial charge in [-0.3, -0.25) is 19.8 Å². The number of hydrogen-bond donors (Lipinski definition) is 0. The van der Waals surface area contributed by atoms with Crippen LogP contribution in [0.1, 0.15) is 48.5 Å². The van der Waals surface area contributed by atoms with E-state index in [1.807, 2.05) is 25.7 Å². The van der Waals surface area contributed by atoms with Gasteiger partial charge in [0.15, 0.2) is 0 Å². The molecule has 0 unspecified atom stereocenters. The van der Waals surface area contributed by atoms with Crippen molar-refractivity contribution in [2.75, 3.05) is 13.1 Å². The molecule has 2 aliphatic heterocycles. The topological polar surface area (TPSA) is 58.6 Å². The van der Waals surface area contributed by atoms with E-state index in [0.717, 1.165) is 55.3 Å². The van der Waals surface area contributed by atoms with E-state index >= 15 is 0 Å². The first-order valence-electron chi connectivity index (χ1n) is 9.05. The van der Waals surface area contributed by atoms with Gasteiger partial charge in [-0.05, 0) is 33.6 Å². The van der Waals surface area contributed by atoms with Gasteiger partial charge in [0.25, 0.3) is 0 Å². The first-order chi connectivity index (χ1) is 11.5. The lowest BCUT2D eigenvalue weighted by Gasteiger charge is -2.27. The summed E-state index contributed by atoms with van der Waals surface area (Å²) in [4.78, 5) is 25.9. The Morgan fingerprint density at radius 1 is 1.04 bits per heavy atom. The molecule has 3 heterocycles. The molecule has 130 valence electrons. The van der Waals surface area contributed by atoms with Crippen LogP contribution in [0.4, 0.5) is 4.79 Å². The second-order valence-electron chi connectivity index (χ2n) is 7.46. The third-order valence-corrected chi connectivity index (χ3v) is 5.80. The standard InChI is InChI=1S/C18H26N4O2/c1-11-12(2)20-15(13(3)19-11)8-21-9-16-17(10-21)24-18(23)22(16)14-6-4-5-7-14/h14,16-17H,4-10H2,1-3H3/t16-,17+/m0/s1. The zero-order valence-electron chi connectivity index (χ0n) is 14.8. The van der Waals surface area contributed by atoms with Gasteiger partial charge in [-0.25, -0.2) is 4.79 Å². The van der Waals surface area contributed by atoms with Crippen LogP contribution in [0.3, 0.4) is 0 Å². The predicted octanol–water partition coefficient (Wildman–Crippen LogP) is 2.35. The van der Waals surface area contributed by atoms with Crippen molar-refractivity contribution >= 4 is 6.09 Å². The first kappa shape index (κ1) is 15.8. The number of carbonyl (C=O) groups is 1.